The van der Waals surface area contributed by atoms with E-state index in [4.69, 9.17) is 0 Å². The van der Waals surface area contributed by atoms with Crippen molar-refractivity contribution in [3.63, 3.8) is 0 Å². The lowest BCUT2D eigenvalue weighted by molar-refractivity contribution is 0.942. The molecule has 1 aliphatic heterocycles. The number of allylic oxidation sites excluding steroid dienone is 1. The predicted molar refractivity (Wildman–Crippen MR) is 136 cm³/mol. The minimum Gasteiger partial charge on any atom is -0.338 e. The molecule has 5 heteroatoms. The molecule has 3 nitrogen and oxygen atoms in total. The highest BCUT2D eigenvalue weighted by Crippen LogP contribution is 2.47. The number of aliphatic imine (C=N–C) groups is 1. The van der Waals surface area contributed by atoms with E-state index in [-0.39, 0.29) is 0 Å². The third-order valence-corrected chi connectivity index (χ3v) is 7.97. The van der Waals surface area contributed by atoms with Gasteiger partial charge in [-0.1, -0.05) is 45.5 Å². The molecule has 0 bridgehead atoms. The molecule has 2 atom stereocenters. The first-order chi connectivity index (χ1) is 15.2. The fourth-order valence-electron chi connectivity index (χ4n) is 5.11. The second kappa shape index (κ2) is 7.52. The Kier molecular flexibility index (Phi) is 4.64. The van der Waals surface area contributed by atoms with Gasteiger partial charge in [-0.3, -0.25) is 4.99 Å². The number of H-pyrrole nitrogens is 1. The molecule has 0 saturated carbocycles. The number of nitrogens with one attached hydrogen (secondary N) is 1. The number of benzene rings is 2. The van der Waals surface area contributed by atoms with Gasteiger partial charge in [0, 0.05) is 23.6 Å². The van der Waals surface area contributed by atoms with Crippen LogP contribution in [0.1, 0.15) is 34.2 Å². The topological polar surface area (TPSA) is 41.0 Å². The van der Waals surface area contributed by atoms with Gasteiger partial charge in [-0.05, 0) is 84.5 Å². The molecular weight excluding hydrogens is 416 g/mol. The van der Waals surface area contributed by atoms with Crippen LogP contribution >= 0.6 is 17.2 Å². The molecule has 0 amide bonds. The van der Waals surface area contributed by atoms with Crippen LogP contribution in [0.4, 0.5) is 0 Å². The number of hydrogen-bond acceptors (Lipinski definition) is 2. The zero-order valence-electron chi connectivity index (χ0n) is 17.3. The maximum Gasteiger partial charge on any atom is 0.130 e. The van der Waals surface area contributed by atoms with Gasteiger partial charge in [0.2, 0.25) is 0 Å². The van der Waals surface area contributed by atoms with E-state index >= 15 is 0 Å². The summed E-state index contributed by atoms with van der Waals surface area (Å²) in [5.41, 5.74) is 16.2. The molecule has 1 aromatic heterocycles. The SMILES string of the molecule is C=CPC1=NC=C(c2cc3c4c(c2)Cc2cc(-c5cnc(PC=C)[nH]5)cc(c2-4)CC3)C1. The lowest BCUT2D eigenvalue weighted by Gasteiger charge is -2.21. The van der Waals surface area contributed by atoms with E-state index in [1.165, 1.54) is 55.5 Å². The van der Waals surface area contributed by atoms with Crippen LogP contribution in [0.25, 0.3) is 28.0 Å². The fourth-order valence-corrected chi connectivity index (χ4v) is 6.32. The molecule has 31 heavy (non-hydrogen) atoms. The van der Waals surface area contributed by atoms with E-state index in [9.17, 15) is 0 Å². The summed E-state index contributed by atoms with van der Waals surface area (Å²) in [6.45, 7) is 7.69. The normalized spacial score (nSPS) is 16.3. The van der Waals surface area contributed by atoms with Crippen LogP contribution < -0.4 is 5.57 Å². The number of imidazole rings is 1. The minimum atomic E-state index is 0.517. The van der Waals surface area contributed by atoms with Crippen LogP contribution in [-0.2, 0) is 19.3 Å². The Morgan fingerprint density at radius 2 is 1.52 bits per heavy atom. The summed E-state index contributed by atoms with van der Waals surface area (Å²) in [6.07, 6.45) is 8.20. The number of aryl methyl sites for hydroxylation is 2. The molecule has 0 fully saturated rings. The van der Waals surface area contributed by atoms with Gasteiger partial charge in [0.25, 0.3) is 0 Å². The Morgan fingerprint density at radius 3 is 2.26 bits per heavy atom. The summed E-state index contributed by atoms with van der Waals surface area (Å²) in [6, 6.07) is 9.57. The van der Waals surface area contributed by atoms with Crippen LogP contribution in [-0.4, -0.2) is 15.4 Å². The summed E-state index contributed by atoms with van der Waals surface area (Å²) in [5, 5.41) is 0. The van der Waals surface area contributed by atoms with Crippen molar-refractivity contribution in [3.05, 3.63) is 89.3 Å². The summed E-state index contributed by atoms with van der Waals surface area (Å²) in [4.78, 5) is 12.6. The molecule has 2 aliphatic carbocycles. The quantitative estimate of drug-likeness (QED) is 0.359. The van der Waals surface area contributed by atoms with E-state index in [1.54, 1.807) is 0 Å². The van der Waals surface area contributed by atoms with Gasteiger partial charge in [-0.25, -0.2) is 4.98 Å². The van der Waals surface area contributed by atoms with Crippen LogP contribution in [0, 0.1) is 0 Å². The maximum atomic E-state index is 4.62. The van der Waals surface area contributed by atoms with E-state index in [0.29, 0.717) is 17.2 Å². The van der Waals surface area contributed by atoms with Gasteiger partial charge >= 0.3 is 0 Å². The first-order valence-electron chi connectivity index (χ1n) is 10.6. The van der Waals surface area contributed by atoms with E-state index < -0.39 is 0 Å². The van der Waals surface area contributed by atoms with Crippen molar-refractivity contribution in [3.8, 4) is 22.4 Å². The second-order valence-electron chi connectivity index (χ2n) is 8.27. The first-order valence-corrected chi connectivity index (χ1v) is 12.8. The Morgan fingerprint density at radius 1 is 0.839 bits per heavy atom. The highest BCUT2D eigenvalue weighted by Gasteiger charge is 2.29. The van der Waals surface area contributed by atoms with Crippen molar-refractivity contribution in [1.29, 1.82) is 0 Å². The molecule has 6 rings (SSSR count). The van der Waals surface area contributed by atoms with Gasteiger partial charge in [-0.2, -0.15) is 0 Å². The molecule has 152 valence electrons. The number of aromatic amines is 1. The lowest BCUT2D eigenvalue weighted by atomic mass is 9.83. The third-order valence-electron chi connectivity index (χ3n) is 6.40. The Balaban J connectivity index is 1.37. The lowest BCUT2D eigenvalue weighted by Crippen LogP contribution is -2.05. The Labute approximate surface area is 186 Å². The summed E-state index contributed by atoms with van der Waals surface area (Å²) < 4.78 is 0. The van der Waals surface area contributed by atoms with Crippen molar-refractivity contribution in [1.82, 2.24) is 9.97 Å². The number of aromatic nitrogens is 2. The zero-order valence-corrected chi connectivity index (χ0v) is 19.3. The molecule has 0 radical (unpaired) electrons. The molecule has 0 saturated heterocycles. The molecule has 3 aliphatic rings. The smallest absolute Gasteiger partial charge is 0.130 e. The van der Waals surface area contributed by atoms with Gasteiger partial charge in [0.15, 0.2) is 0 Å². The van der Waals surface area contributed by atoms with Crippen LogP contribution in [0.15, 0.2) is 66.4 Å². The van der Waals surface area contributed by atoms with Gasteiger partial charge in [0.1, 0.15) is 5.57 Å². The summed E-state index contributed by atoms with van der Waals surface area (Å²) in [5.74, 6) is 3.88. The standard InChI is InChI=1S/C26H23N3P2/c1-3-30-23-12-21(13-27-23)17-7-15-5-6-16-8-18(22-14-28-26(29-22)31-4-2)10-20-11-19(9-17)24(15)25(16)20/h3-4,7-10,13-14,30-31H,1-2,5-6,11-12H2,(H,28,29). The first kappa shape index (κ1) is 19.1. The summed E-state index contributed by atoms with van der Waals surface area (Å²) >= 11 is 0. The van der Waals surface area contributed by atoms with Gasteiger partial charge in [0.05, 0.1) is 11.9 Å². The number of rotatable bonds is 6. The van der Waals surface area contributed by atoms with E-state index in [0.717, 1.165) is 36.9 Å². The van der Waals surface area contributed by atoms with Crippen molar-refractivity contribution in [2.75, 3.05) is 0 Å². The van der Waals surface area contributed by atoms with E-state index in [2.05, 4.69) is 58.6 Å². The van der Waals surface area contributed by atoms with Crippen molar-refractivity contribution < 1.29 is 0 Å². The molecular formula is C26H23N3P2. The number of nitrogens with zero attached hydrogens (tertiary/aromatic N) is 2. The summed E-state index contributed by atoms with van der Waals surface area (Å²) in [7, 11) is 1.14. The highest BCUT2D eigenvalue weighted by atomic mass is 31.1. The Bertz CT molecular complexity index is 1330. The predicted octanol–water partition coefficient (Wildman–Crippen LogP) is 6.16. The molecule has 2 heterocycles. The van der Waals surface area contributed by atoms with Crippen LogP contribution in [0.3, 0.4) is 0 Å². The fraction of sp³-hybridized carbons (Fsp3) is 0.154. The largest absolute Gasteiger partial charge is 0.338 e. The van der Waals surface area contributed by atoms with Gasteiger partial charge in [-0.15, -0.1) is 0 Å². The second-order valence-corrected chi connectivity index (χ2v) is 10.7. The van der Waals surface area contributed by atoms with Crippen molar-refractivity contribution in [2.45, 2.75) is 25.7 Å². The van der Waals surface area contributed by atoms with Crippen molar-refractivity contribution in [2.24, 2.45) is 4.99 Å². The van der Waals surface area contributed by atoms with Crippen LogP contribution in [0.2, 0.25) is 0 Å². The third kappa shape index (κ3) is 3.19. The zero-order chi connectivity index (χ0) is 20.9. The molecule has 2 unspecified atom stereocenters. The number of hydrogen-bond donors (Lipinski definition) is 1. The Hall–Kier alpha value is -2.60. The average Bonchev–Trinajstić information content (AvgIpc) is 3.51. The molecule has 2 aromatic carbocycles. The van der Waals surface area contributed by atoms with E-state index in [1.807, 2.05) is 17.8 Å². The maximum absolute atomic E-state index is 4.62. The van der Waals surface area contributed by atoms with Crippen molar-refractivity contribution >= 4 is 33.8 Å². The molecule has 0 spiro atoms. The monoisotopic (exact) mass is 439 g/mol. The molecule has 1 N–H and O–H groups in total. The minimum absolute atomic E-state index is 0.517. The molecule has 3 aromatic rings. The van der Waals surface area contributed by atoms with Crippen LogP contribution in [0.5, 0.6) is 0 Å². The average molecular weight is 439 g/mol. The van der Waals surface area contributed by atoms with Gasteiger partial charge < -0.3 is 4.98 Å². The highest BCUT2D eigenvalue weighted by molar-refractivity contribution is 7.61.